The fraction of sp³-hybridized carbons (Fsp3) is 0.778. The third kappa shape index (κ3) is 9.07. The van der Waals surface area contributed by atoms with Crippen molar-refractivity contribution in [3.05, 3.63) is 0 Å². The van der Waals surface area contributed by atoms with Crippen molar-refractivity contribution in [3.8, 4) is 0 Å². The molecule has 0 aromatic rings. The summed E-state index contributed by atoms with van der Waals surface area (Å²) in [5.41, 5.74) is 4.12. The summed E-state index contributed by atoms with van der Waals surface area (Å²) < 4.78 is 4.98. The van der Waals surface area contributed by atoms with Crippen molar-refractivity contribution in [2.75, 3.05) is 6.54 Å². The van der Waals surface area contributed by atoms with Crippen LogP contribution in [0.2, 0.25) is 0 Å². The van der Waals surface area contributed by atoms with E-state index in [1.165, 1.54) is 0 Å². The van der Waals surface area contributed by atoms with E-state index >= 15 is 0 Å². The van der Waals surface area contributed by atoms with Crippen LogP contribution in [0.4, 0.5) is 9.59 Å². The van der Waals surface area contributed by atoms with E-state index in [0.717, 1.165) is 0 Å². The summed E-state index contributed by atoms with van der Waals surface area (Å²) in [7, 11) is 0. The molecule has 0 aliphatic rings. The second-order valence-electron chi connectivity index (χ2n) is 4.19. The lowest BCUT2D eigenvalue weighted by Gasteiger charge is -2.20. The molecular formula is C9H18N2O5. The number of rotatable bonds is 4. The summed E-state index contributed by atoms with van der Waals surface area (Å²) in [6.45, 7) is 7.00. The number of carbonyl (C=O) groups is 2. The van der Waals surface area contributed by atoms with E-state index < -0.39 is 23.9 Å². The molecule has 1 atom stereocenters. The maximum Gasteiger partial charge on any atom is 0.436 e. The van der Waals surface area contributed by atoms with Crippen LogP contribution in [-0.4, -0.2) is 30.4 Å². The van der Waals surface area contributed by atoms with Gasteiger partial charge in [0.15, 0.2) is 0 Å². The first kappa shape index (κ1) is 14.5. The molecule has 0 rings (SSSR count). The fourth-order valence-electron chi connectivity index (χ4n) is 0.705. The molecule has 7 nitrogen and oxygen atoms in total. The Labute approximate surface area is 94.1 Å². The lowest BCUT2D eigenvalue weighted by Crippen LogP contribution is -2.37. The maximum atomic E-state index is 11.2. The molecule has 0 aromatic heterocycles. The largest absolute Gasteiger partial charge is 0.444 e. The Morgan fingerprint density at radius 2 is 1.94 bits per heavy atom. The van der Waals surface area contributed by atoms with Gasteiger partial charge in [-0.3, -0.25) is 4.89 Å². The first-order valence-electron chi connectivity index (χ1n) is 4.80. The highest BCUT2D eigenvalue weighted by Gasteiger charge is 2.16. The summed E-state index contributed by atoms with van der Waals surface area (Å²) >= 11 is 0. The van der Waals surface area contributed by atoms with E-state index in [1.54, 1.807) is 27.7 Å². The number of alkyl carbamates (subject to hydrolysis) is 1. The second kappa shape index (κ2) is 6.16. The van der Waals surface area contributed by atoms with E-state index in [1.807, 2.05) is 0 Å². The van der Waals surface area contributed by atoms with E-state index in [0.29, 0.717) is 0 Å². The number of nitrogens with two attached hydrogens (primary N) is 1. The van der Waals surface area contributed by atoms with Crippen LogP contribution in [0.15, 0.2) is 0 Å². The van der Waals surface area contributed by atoms with Gasteiger partial charge in [-0.15, -0.1) is 0 Å². The van der Waals surface area contributed by atoms with Gasteiger partial charge in [-0.2, -0.15) is 4.89 Å². The van der Waals surface area contributed by atoms with Crippen LogP contribution >= 0.6 is 0 Å². The van der Waals surface area contributed by atoms with Crippen LogP contribution < -0.4 is 11.1 Å². The van der Waals surface area contributed by atoms with Gasteiger partial charge in [-0.25, -0.2) is 9.59 Å². The summed E-state index contributed by atoms with van der Waals surface area (Å²) in [6, 6.07) is 0. The molecule has 7 heteroatoms. The zero-order valence-corrected chi connectivity index (χ0v) is 9.90. The monoisotopic (exact) mass is 234 g/mol. The van der Waals surface area contributed by atoms with Crippen molar-refractivity contribution in [1.82, 2.24) is 5.32 Å². The minimum Gasteiger partial charge on any atom is -0.444 e. The van der Waals surface area contributed by atoms with Crippen LogP contribution in [0, 0.1) is 0 Å². The first-order valence-corrected chi connectivity index (χ1v) is 4.80. The van der Waals surface area contributed by atoms with Gasteiger partial charge in [-0.05, 0) is 27.7 Å². The van der Waals surface area contributed by atoms with Gasteiger partial charge in [0.1, 0.15) is 11.7 Å². The van der Waals surface area contributed by atoms with Crippen molar-refractivity contribution < 1.29 is 24.1 Å². The van der Waals surface area contributed by atoms with Gasteiger partial charge in [0.05, 0.1) is 6.54 Å². The molecule has 0 fully saturated rings. The molecule has 0 bridgehead atoms. The molecule has 0 spiro atoms. The Bertz CT molecular complexity index is 249. The third-order valence-electron chi connectivity index (χ3n) is 1.23. The minimum absolute atomic E-state index is 0.141. The molecule has 94 valence electrons. The molecule has 1 unspecified atom stereocenters. The molecule has 0 aliphatic heterocycles. The highest BCUT2D eigenvalue weighted by Crippen LogP contribution is 2.06. The van der Waals surface area contributed by atoms with Crippen LogP contribution in [0.3, 0.4) is 0 Å². The lowest BCUT2D eigenvalue weighted by atomic mass is 10.2. The molecular weight excluding hydrogens is 216 g/mol. The summed E-state index contributed by atoms with van der Waals surface area (Å²) in [5, 5.41) is 2.44. The van der Waals surface area contributed by atoms with Gasteiger partial charge in [0.2, 0.25) is 0 Å². The van der Waals surface area contributed by atoms with Gasteiger partial charge < -0.3 is 15.8 Å². The average molecular weight is 234 g/mol. The van der Waals surface area contributed by atoms with Gasteiger partial charge in [0.25, 0.3) is 0 Å². The Morgan fingerprint density at radius 1 is 1.38 bits per heavy atom. The molecule has 0 heterocycles. The van der Waals surface area contributed by atoms with E-state index in [2.05, 4.69) is 20.8 Å². The standard InChI is InChI=1S/C9H18N2O5/c1-6(15-16-7(10)12)5-11-8(13)14-9(2,3)4/h6H,5H2,1-4H3,(H2,10,12)(H,11,13). The van der Waals surface area contributed by atoms with Crippen molar-refractivity contribution >= 4 is 12.2 Å². The van der Waals surface area contributed by atoms with Crippen molar-refractivity contribution in [3.63, 3.8) is 0 Å². The predicted molar refractivity (Wildman–Crippen MR) is 55.5 cm³/mol. The highest BCUT2D eigenvalue weighted by atomic mass is 17.2. The van der Waals surface area contributed by atoms with Crippen LogP contribution in [0.5, 0.6) is 0 Å². The zero-order valence-electron chi connectivity index (χ0n) is 9.90. The molecule has 16 heavy (non-hydrogen) atoms. The number of carbonyl (C=O) groups excluding carboxylic acids is 2. The fourth-order valence-corrected chi connectivity index (χ4v) is 0.705. The smallest absolute Gasteiger partial charge is 0.436 e. The summed E-state index contributed by atoms with van der Waals surface area (Å²) in [4.78, 5) is 30.0. The molecule has 2 amide bonds. The first-order chi connectivity index (χ1) is 7.20. The predicted octanol–water partition coefficient (Wildman–Crippen LogP) is 0.927. The lowest BCUT2D eigenvalue weighted by molar-refractivity contribution is -0.264. The van der Waals surface area contributed by atoms with Crippen LogP contribution in [0.1, 0.15) is 27.7 Å². The quantitative estimate of drug-likeness (QED) is 0.556. The SMILES string of the molecule is CC(CNC(=O)OC(C)(C)C)OOC(N)=O. The van der Waals surface area contributed by atoms with Crippen molar-refractivity contribution in [2.24, 2.45) is 5.73 Å². The minimum atomic E-state index is -1.04. The molecule has 0 saturated carbocycles. The van der Waals surface area contributed by atoms with Gasteiger partial charge in [-0.1, -0.05) is 0 Å². The van der Waals surface area contributed by atoms with E-state index in [9.17, 15) is 9.59 Å². The molecule has 0 aliphatic carbocycles. The zero-order chi connectivity index (χ0) is 12.8. The molecule has 3 N–H and O–H groups in total. The normalized spacial score (nSPS) is 12.8. The second-order valence-corrected chi connectivity index (χ2v) is 4.19. The molecule has 0 radical (unpaired) electrons. The number of hydrogen-bond acceptors (Lipinski definition) is 5. The summed E-state index contributed by atoms with van der Waals surface area (Å²) in [6.07, 6.45) is -2.12. The van der Waals surface area contributed by atoms with Crippen molar-refractivity contribution in [2.45, 2.75) is 39.4 Å². The maximum absolute atomic E-state index is 11.2. The number of ether oxygens (including phenoxy) is 1. The van der Waals surface area contributed by atoms with E-state index in [-0.39, 0.29) is 6.54 Å². The number of nitrogens with one attached hydrogen (secondary N) is 1. The van der Waals surface area contributed by atoms with Crippen LogP contribution in [0.25, 0.3) is 0 Å². The summed E-state index contributed by atoms with van der Waals surface area (Å²) in [5.74, 6) is 0. The molecule has 0 saturated heterocycles. The third-order valence-corrected chi connectivity index (χ3v) is 1.23. The Morgan fingerprint density at radius 3 is 2.38 bits per heavy atom. The van der Waals surface area contributed by atoms with Crippen molar-refractivity contribution in [1.29, 1.82) is 0 Å². The van der Waals surface area contributed by atoms with E-state index in [4.69, 9.17) is 4.74 Å². The Balaban J connectivity index is 3.71. The number of primary amides is 1. The Hall–Kier alpha value is -1.50. The number of amides is 2. The molecule has 0 aromatic carbocycles. The topological polar surface area (TPSA) is 99.9 Å². The Kier molecular flexibility index (Phi) is 5.59. The van der Waals surface area contributed by atoms with Gasteiger partial charge >= 0.3 is 12.2 Å². The van der Waals surface area contributed by atoms with Gasteiger partial charge in [0, 0.05) is 0 Å². The van der Waals surface area contributed by atoms with Crippen LogP contribution in [-0.2, 0) is 14.5 Å². The average Bonchev–Trinajstić information content (AvgIpc) is 2.08. The number of hydrogen-bond donors (Lipinski definition) is 2. The highest BCUT2D eigenvalue weighted by molar-refractivity contribution is 5.67.